The van der Waals surface area contributed by atoms with E-state index in [9.17, 15) is 19.2 Å². The van der Waals surface area contributed by atoms with E-state index in [2.05, 4.69) is 10.9 Å². The number of nitrogens with one attached hydrogen (secondary N) is 2. The van der Waals surface area contributed by atoms with E-state index >= 15 is 0 Å². The lowest BCUT2D eigenvalue weighted by atomic mass is 10.2. The molecular weight excluding hydrogens is 314 g/mol. The Labute approximate surface area is 138 Å². The summed E-state index contributed by atoms with van der Waals surface area (Å²) in [6, 6.07) is 5.79. The molecule has 126 valence electrons. The van der Waals surface area contributed by atoms with Crippen molar-refractivity contribution in [2.24, 2.45) is 0 Å². The first-order valence-corrected chi connectivity index (χ1v) is 7.13. The van der Waals surface area contributed by atoms with Gasteiger partial charge in [-0.05, 0) is 45.0 Å². The maximum Gasteiger partial charge on any atom is 0.426 e. The van der Waals surface area contributed by atoms with Crippen LogP contribution < -0.4 is 15.8 Å². The van der Waals surface area contributed by atoms with Gasteiger partial charge in [-0.2, -0.15) is 0 Å². The van der Waals surface area contributed by atoms with Gasteiger partial charge in [0.25, 0.3) is 17.7 Å². The van der Waals surface area contributed by atoms with Crippen LogP contribution in [0.5, 0.6) is 0 Å². The third-order valence-electron chi connectivity index (χ3n) is 2.87. The minimum absolute atomic E-state index is 0.238. The van der Waals surface area contributed by atoms with E-state index in [0.29, 0.717) is 5.69 Å². The molecule has 4 amide bonds. The summed E-state index contributed by atoms with van der Waals surface area (Å²) in [5.74, 6) is -1.45. The second-order valence-corrected chi connectivity index (χ2v) is 5.97. The molecule has 1 aliphatic rings. The Morgan fingerprint density at radius 1 is 0.958 bits per heavy atom. The number of nitrogens with zero attached hydrogens (tertiary/aromatic N) is 1. The average molecular weight is 331 g/mol. The monoisotopic (exact) mass is 331 g/mol. The summed E-state index contributed by atoms with van der Waals surface area (Å²) in [7, 11) is 0. The number of carbonyl (C=O) groups is 4. The van der Waals surface area contributed by atoms with Gasteiger partial charge >= 0.3 is 6.09 Å². The number of carbonyl (C=O) groups excluding carboxylic acids is 4. The van der Waals surface area contributed by atoms with Gasteiger partial charge in [0.2, 0.25) is 0 Å². The molecule has 0 spiro atoms. The number of amides is 4. The fraction of sp³-hybridized carbons (Fsp3) is 0.250. The van der Waals surface area contributed by atoms with Crippen LogP contribution in [0.4, 0.5) is 10.5 Å². The van der Waals surface area contributed by atoms with E-state index in [1.54, 1.807) is 20.8 Å². The maximum atomic E-state index is 11.9. The van der Waals surface area contributed by atoms with Crippen LogP contribution >= 0.6 is 0 Å². The molecule has 1 heterocycles. The van der Waals surface area contributed by atoms with Crippen molar-refractivity contribution in [3.63, 3.8) is 0 Å². The number of anilines is 1. The van der Waals surface area contributed by atoms with Crippen molar-refractivity contribution in [1.82, 2.24) is 10.9 Å². The molecule has 0 bridgehead atoms. The van der Waals surface area contributed by atoms with Crippen LogP contribution in [-0.2, 0) is 14.3 Å². The molecule has 8 nitrogen and oxygen atoms in total. The number of rotatable bonds is 2. The van der Waals surface area contributed by atoms with Crippen LogP contribution in [0.1, 0.15) is 31.1 Å². The molecule has 0 unspecified atom stereocenters. The second kappa shape index (κ2) is 6.53. The summed E-state index contributed by atoms with van der Waals surface area (Å²) in [6.07, 6.45) is 1.56. The summed E-state index contributed by atoms with van der Waals surface area (Å²) in [5, 5.41) is 0. The molecule has 24 heavy (non-hydrogen) atoms. The summed E-state index contributed by atoms with van der Waals surface area (Å²) >= 11 is 0. The largest absolute Gasteiger partial charge is 0.443 e. The van der Waals surface area contributed by atoms with Gasteiger partial charge in [-0.15, -0.1) is 0 Å². The number of hydrogen-bond donors (Lipinski definition) is 2. The van der Waals surface area contributed by atoms with Crippen LogP contribution in [0, 0.1) is 0 Å². The number of hydrazine groups is 1. The molecule has 2 rings (SSSR count). The quantitative estimate of drug-likeness (QED) is 0.627. The van der Waals surface area contributed by atoms with Gasteiger partial charge in [-0.25, -0.2) is 15.1 Å². The highest BCUT2D eigenvalue weighted by molar-refractivity contribution is 6.28. The van der Waals surface area contributed by atoms with Crippen molar-refractivity contribution in [1.29, 1.82) is 0 Å². The number of imide groups is 1. The Bertz CT molecular complexity index is 698. The normalized spacial score (nSPS) is 13.9. The molecule has 1 aromatic carbocycles. The molecule has 0 fully saturated rings. The van der Waals surface area contributed by atoms with Crippen LogP contribution in [0.25, 0.3) is 0 Å². The van der Waals surface area contributed by atoms with Crippen LogP contribution in [0.3, 0.4) is 0 Å². The predicted octanol–water partition coefficient (Wildman–Crippen LogP) is 1.29. The number of benzene rings is 1. The summed E-state index contributed by atoms with van der Waals surface area (Å²) in [4.78, 5) is 47.5. The molecule has 2 N–H and O–H groups in total. The van der Waals surface area contributed by atoms with Gasteiger partial charge in [0.1, 0.15) is 5.60 Å². The molecule has 8 heteroatoms. The lowest BCUT2D eigenvalue weighted by molar-refractivity contribution is -0.119. The fourth-order valence-corrected chi connectivity index (χ4v) is 1.90. The highest BCUT2D eigenvalue weighted by atomic mass is 16.6. The second-order valence-electron chi connectivity index (χ2n) is 5.97. The first-order valence-electron chi connectivity index (χ1n) is 7.13. The van der Waals surface area contributed by atoms with E-state index < -0.39 is 29.4 Å². The number of hydrogen-bond acceptors (Lipinski definition) is 5. The van der Waals surface area contributed by atoms with E-state index in [1.807, 2.05) is 0 Å². The predicted molar refractivity (Wildman–Crippen MR) is 84.9 cm³/mol. The maximum absolute atomic E-state index is 11.9. The number of ether oxygens (including phenoxy) is 1. The standard InChI is InChI=1S/C16H17N3O5/c1-16(2,3)24-15(23)18-17-14(22)10-4-6-11(7-5-10)19-12(20)8-9-13(19)21/h4-9H,1-3H3,(H,17,22)(H,18,23). The zero-order valence-electron chi connectivity index (χ0n) is 13.5. The van der Waals surface area contributed by atoms with Crippen LogP contribution in [0.2, 0.25) is 0 Å². The molecule has 0 saturated heterocycles. The van der Waals surface area contributed by atoms with Gasteiger partial charge in [0.15, 0.2) is 0 Å². The van der Waals surface area contributed by atoms with E-state index in [-0.39, 0.29) is 5.56 Å². The average Bonchev–Trinajstić information content (AvgIpc) is 2.82. The Morgan fingerprint density at radius 3 is 2.00 bits per heavy atom. The topological polar surface area (TPSA) is 105 Å². The highest BCUT2D eigenvalue weighted by Gasteiger charge is 2.25. The molecule has 0 aromatic heterocycles. The molecule has 0 atom stereocenters. The molecule has 0 saturated carbocycles. The minimum atomic E-state index is -0.785. The Morgan fingerprint density at radius 2 is 1.50 bits per heavy atom. The zero-order valence-corrected chi connectivity index (χ0v) is 13.5. The van der Waals surface area contributed by atoms with Crippen molar-refractivity contribution >= 4 is 29.5 Å². The van der Waals surface area contributed by atoms with E-state index in [0.717, 1.165) is 4.90 Å². The Balaban J connectivity index is 1.96. The minimum Gasteiger partial charge on any atom is -0.443 e. The SMILES string of the molecule is CC(C)(C)OC(=O)NNC(=O)c1ccc(N2C(=O)C=CC2=O)cc1. The third kappa shape index (κ3) is 4.19. The van der Waals surface area contributed by atoms with Gasteiger partial charge < -0.3 is 4.74 Å². The van der Waals surface area contributed by atoms with Crippen LogP contribution in [-0.4, -0.2) is 29.4 Å². The van der Waals surface area contributed by atoms with E-state index in [4.69, 9.17) is 4.74 Å². The lowest BCUT2D eigenvalue weighted by Gasteiger charge is -2.19. The van der Waals surface area contributed by atoms with Gasteiger partial charge in [-0.3, -0.25) is 19.8 Å². The Hall–Kier alpha value is -3.16. The Kier molecular flexibility index (Phi) is 4.68. The smallest absolute Gasteiger partial charge is 0.426 e. The van der Waals surface area contributed by atoms with Crippen molar-refractivity contribution in [2.45, 2.75) is 26.4 Å². The fourth-order valence-electron chi connectivity index (χ4n) is 1.90. The highest BCUT2D eigenvalue weighted by Crippen LogP contribution is 2.19. The van der Waals surface area contributed by atoms with Crippen molar-refractivity contribution < 1.29 is 23.9 Å². The molecule has 1 aromatic rings. The van der Waals surface area contributed by atoms with Crippen molar-refractivity contribution in [2.75, 3.05) is 4.90 Å². The summed E-state index contributed by atoms with van der Waals surface area (Å²) in [5.41, 5.74) is 4.25. The molecule has 0 aliphatic carbocycles. The first kappa shape index (κ1) is 17.2. The molecule has 0 radical (unpaired) electrons. The summed E-state index contributed by atoms with van der Waals surface area (Å²) < 4.78 is 4.98. The first-order chi connectivity index (χ1) is 11.2. The van der Waals surface area contributed by atoms with Gasteiger partial charge in [0.05, 0.1) is 5.69 Å². The summed E-state index contributed by atoms with van der Waals surface area (Å²) in [6.45, 7) is 5.09. The molecular formula is C16H17N3O5. The third-order valence-corrected chi connectivity index (χ3v) is 2.87. The zero-order chi connectivity index (χ0) is 17.9. The van der Waals surface area contributed by atoms with Gasteiger partial charge in [0, 0.05) is 17.7 Å². The van der Waals surface area contributed by atoms with Gasteiger partial charge in [-0.1, -0.05) is 0 Å². The van der Waals surface area contributed by atoms with Crippen molar-refractivity contribution in [3.8, 4) is 0 Å². The van der Waals surface area contributed by atoms with E-state index in [1.165, 1.54) is 36.4 Å². The van der Waals surface area contributed by atoms with Crippen molar-refractivity contribution in [3.05, 3.63) is 42.0 Å². The molecule has 1 aliphatic heterocycles. The lowest BCUT2D eigenvalue weighted by Crippen LogP contribution is -2.44. The van der Waals surface area contributed by atoms with Crippen LogP contribution in [0.15, 0.2) is 36.4 Å².